The summed E-state index contributed by atoms with van der Waals surface area (Å²) in [5.41, 5.74) is 0. The molecule has 5 rings (SSSR count). The van der Waals surface area contributed by atoms with Crippen LogP contribution in [0.2, 0.25) is 0 Å². The summed E-state index contributed by atoms with van der Waals surface area (Å²) in [6.45, 7) is 4.41. The summed E-state index contributed by atoms with van der Waals surface area (Å²) in [4.78, 5) is 0. The van der Waals surface area contributed by atoms with E-state index in [1.807, 2.05) is 6.92 Å². The van der Waals surface area contributed by atoms with Crippen molar-refractivity contribution in [3.8, 4) is 5.75 Å². The number of thioether (sulfide) groups is 1. The van der Waals surface area contributed by atoms with Crippen molar-refractivity contribution in [2.75, 3.05) is 0 Å². The smallest absolute Gasteiger partial charge is 0.226 e. The highest BCUT2D eigenvalue weighted by atomic mass is 32.2. The van der Waals surface area contributed by atoms with Gasteiger partial charge in [-0.05, 0) is 56.1 Å². The Morgan fingerprint density at radius 2 is 2.00 bits per heavy atom. The van der Waals surface area contributed by atoms with E-state index in [4.69, 9.17) is 9.15 Å². The Balaban J connectivity index is 1.37. The topological polar surface area (TPSA) is 78.9 Å². The second-order valence-corrected chi connectivity index (χ2v) is 9.74. The maximum atomic E-state index is 14.0. The molecule has 170 valence electrons. The SMILES string of the molecule is CCc1nnc(CSc2nnc(COc3ccccc3F)n2C(C)C2CC3CCC2C3)o1. The first-order chi connectivity index (χ1) is 15.6. The Hall–Kier alpha value is -2.42. The molecular weight excluding hydrogens is 429 g/mol. The quantitative estimate of drug-likeness (QED) is 0.407. The summed E-state index contributed by atoms with van der Waals surface area (Å²) in [5, 5.41) is 17.9. The Kier molecular flexibility index (Phi) is 6.17. The number of para-hydroxylation sites is 1. The van der Waals surface area contributed by atoms with Crippen LogP contribution in [0, 0.1) is 23.6 Å². The molecule has 2 saturated carbocycles. The fraction of sp³-hybridized carbons (Fsp3) is 0.565. The first-order valence-electron chi connectivity index (χ1n) is 11.4. The average Bonchev–Trinajstić information content (AvgIpc) is 3.60. The summed E-state index contributed by atoms with van der Waals surface area (Å²) < 4.78 is 27.7. The first kappa shape index (κ1) is 21.4. The van der Waals surface area contributed by atoms with E-state index in [2.05, 4.69) is 31.9 Å². The number of halogens is 1. The second-order valence-electron chi connectivity index (χ2n) is 8.80. The second kappa shape index (κ2) is 9.21. The summed E-state index contributed by atoms with van der Waals surface area (Å²) in [6.07, 6.45) is 5.98. The van der Waals surface area contributed by atoms with Crippen molar-refractivity contribution in [1.82, 2.24) is 25.0 Å². The van der Waals surface area contributed by atoms with Crippen LogP contribution in [0.1, 0.15) is 63.2 Å². The number of ether oxygens (including phenoxy) is 1. The van der Waals surface area contributed by atoms with Crippen LogP contribution in [0.4, 0.5) is 4.39 Å². The molecule has 2 heterocycles. The lowest BCUT2D eigenvalue weighted by Crippen LogP contribution is -2.24. The molecule has 3 aromatic rings. The molecule has 0 saturated heterocycles. The highest BCUT2D eigenvalue weighted by molar-refractivity contribution is 7.98. The molecule has 0 N–H and O–H groups in total. The van der Waals surface area contributed by atoms with Crippen LogP contribution in [0.5, 0.6) is 5.75 Å². The van der Waals surface area contributed by atoms with Crippen molar-refractivity contribution in [2.24, 2.45) is 17.8 Å². The van der Waals surface area contributed by atoms with Crippen molar-refractivity contribution in [3.63, 3.8) is 0 Å². The lowest BCUT2D eigenvalue weighted by molar-refractivity contribution is 0.215. The Labute approximate surface area is 191 Å². The molecule has 2 aliphatic rings. The molecule has 2 aromatic heterocycles. The molecule has 0 aliphatic heterocycles. The van der Waals surface area contributed by atoms with E-state index in [1.54, 1.807) is 30.0 Å². The largest absolute Gasteiger partial charge is 0.483 e. The van der Waals surface area contributed by atoms with Gasteiger partial charge in [-0.3, -0.25) is 4.57 Å². The third kappa shape index (κ3) is 4.27. The molecule has 4 unspecified atom stereocenters. The van der Waals surface area contributed by atoms with Crippen molar-refractivity contribution < 1.29 is 13.5 Å². The van der Waals surface area contributed by atoms with Crippen LogP contribution >= 0.6 is 11.8 Å². The van der Waals surface area contributed by atoms with Gasteiger partial charge in [0.05, 0.1) is 5.75 Å². The molecule has 2 fully saturated rings. The van der Waals surface area contributed by atoms with E-state index in [-0.39, 0.29) is 24.2 Å². The number of benzene rings is 1. The summed E-state index contributed by atoms with van der Waals surface area (Å²) in [5.74, 6) is 4.52. The standard InChI is InChI=1S/C23H28FN5O2S/c1-3-21-26-27-22(31-21)13-32-23-28-25-20(12-30-19-7-5-4-6-18(19)24)29(23)14(2)17-11-15-8-9-16(17)10-15/h4-7,14-17H,3,8-13H2,1-2H3. The highest BCUT2D eigenvalue weighted by Gasteiger charge is 2.43. The summed E-state index contributed by atoms with van der Waals surface area (Å²) in [6, 6.07) is 6.69. The maximum absolute atomic E-state index is 14.0. The van der Waals surface area contributed by atoms with Gasteiger partial charge in [-0.15, -0.1) is 20.4 Å². The fourth-order valence-corrected chi connectivity index (χ4v) is 6.19. The summed E-state index contributed by atoms with van der Waals surface area (Å²) in [7, 11) is 0. The zero-order valence-electron chi connectivity index (χ0n) is 18.4. The third-order valence-electron chi connectivity index (χ3n) is 6.88. The first-order valence-corrected chi connectivity index (χ1v) is 12.4. The average molecular weight is 458 g/mol. The monoisotopic (exact) mass is 457 g/mol. The van der Waals surface area contributed by atoms with Crippen LogP contribution < -0.4 is 4.74 Å². The minimum atomic E-state index is -0.377. The Morgan fingerprint density at radius 1 is 1.16 bits per heavy atom. The van der Waals surface area contributed by atoms with E-state index < -0.39 is 0 Å². The van der Waals surface area contributed by atoms with Gasteiger partial charge in [0.15, 0.2) is 22.5 Å². The van der Waals surface area contributed by atoms with Gasteiger partial charge in [0.1, 0.15) is 6.61 Å². The normalized spacial score (nSPS) is 23.0. The molecule has 7 nitrogen and oxygen atoms in total. The van der Waals surface area contributed by atoms with Crippen LogP contribution in [0.3, 0.4) is 0 Å². The zero-order valence-corrected chi connectivity index (χ0v) is 19.2. The number of aryl methyl sites for hydroxylation is 1. The van der Waals surface area contributed by atoms with Crippen molar-refractivity contribution >= 4 is 11.8 Å². The van der Waals surface area contributed by atoms with E-state index in [0.717, 1.165) is 17.0 Å². The molecule has 4 atom stereocenters. The predicted molar refractivity (Wildman–Crippen MR) is 118 cm³/mol. The van der Waals surface area contributed by atoms with Gasteiger partial charge in [-0.25, -0.2) is 4.39 Å². The third-order valence-corrected chi connectivity index (χ3v) is 7.81. The van der Waals surface area contributed by atoms with Crippen LogP contribution in [-0.4, -0.2) is 25.0 Å². The van der Waals surface area contributed by atoms with Gasteiger partial charge in [-0.1, -0.05) is 37.2 Å². The minimum absolute atomic E-state index is 0.167. The Morgan fingerprint density at radius 3 is 2.72 bits per heavy atom. The predicted octanol–water partition coefficient (Wildman–Crippen LogP) is 5.23. The number of hydrogen-bond donors (Lipinski definition) is 0. The Bertz CT molecular complexity index is 1070. The van der Waals surface area contributed by atoms with Crippen molar-refractivity contribution in [1.29, 1.82) is 0 Å². The zero-order chi connectivity index (χ0) is 22.1. The van der Waals surface area contributed by atoms with Crippen LogP contribution in [-0.2, 0) is 18.8 Å². The number of aromatic nitrogens is 5. The minimum Gasteiger partial charge on any atom is -0.483 e. The molecule has 0 amide bonds. The number of nitrogens with zero attached hydrogens (tertiary/aromatic N) is 5. The van der Waals surface area contributed by atoms with Gasteiger partial charge < -0.3 is 9.15 Å². The van der Waals surface area contributed by atoms with Crippen molar-refractivity contribution in [2.45, 2.75) is 69.5 Å². The van der Waals surface area contributed by atoms with Gasteiger partial charge >= 0.3 is 0 Å². The van der Waals surface area contributed by atoms with Crippen LogP contribution in [0.25, 0.3) is 0 Å². The molecule has 2 aliphatic carbocycles. The van der Waals surface area contributed by atoms with Gasteiger partial charge in [0, 0.05) is 12.5 Å². The molecule has 0 spiro atoms. The van der Waals surface area contributed by atoms with E-state index in [9.17, 15) is 4.39 Å². The number of fused-ring (bicyclic) bond motifs is 2. The molecule has 32 heavy (non-hydrogen) atoms. The molecule has 2 bridgehead atoms. The van der Waals surface area contributed by atoms with Crippen molar-refractivity contribution in [3.05, 3.63) is 47.7 Å². The van der Waals surface area contributed by atoms with Gasteiger partial charge in [-0.2, -0.15) is 0 Å². The highest BCUT2D eigenvalue weighted by Crippen LogP contribution is 2.52. The van der Waals surface area contributed by atoms with Gasteiger partial charge in [0.25, 0.3) is 0 Å². The molecular formula is C23H28FN5O2S. The maximum Gasteiger partial charge on any atom is 0.226 e. The lowest BCUT2D eigenvalue weighted by atomic mass is 9.84. The molecule has 1 aromatic carbocycles. The molecule has 9 heteroatoms. The number of hydrogen-bond acceptors (Lipinski definition) is 7. The molecule has 0 radical (unpaired) electrons. The van der Waals surface area contributed by atoms with E-state index in [1.165, 1.54) is 31.7 Å². The van der Waals surface area contributed by atoms with Crippen LogP contribution in [0.15, 0.2) is 33.8 Å². The lowest BCUT2D eigenvalue weighted by Gasteiger charge is -2.30. The number of rotatable bonds is 9. The fourth-order valence-electron chi connectivity index (χ4n) is 5.31. The van der Waals surface area contributed by atoms with E-state index in [0.29, 0.717) is 35.7 Å². The summed E-state index contributed by atoms with van der Waals surface area (Å²) >= 11 is 1.54. The van der Waals surface area contributed by atoms with E-state index >= 15 is 0 Å². The van der Waals surface area contributed by atoms with Gasteiger partial charge in [0.2, 0.25) is 11.8 Å².